The largest absolute Gasteiger partial charge is 0.444 e. The number of oxazole rings is 1. The molecule has 2 saturated carbocycles. The van der Waals surface area contributed by atoms with E-state index in [0.29, 0.717) is 0 Å². The highest BCUT2D eigenvalue weighted by atomic mass is 16.4. The molecule has 1 aromatic rings. The van der Waals surface area contributed by atoms with Crippen molar-refractivity contribution >= 4 is 0 Å². The predicted octanol–water partition coefficient (Wildman–Crippen LogP) is 3.15. The first kappa shape index (κ1) is 11.3. The Labute approximate surface area is 103 Å². The van der Waals surface area contributed by atoms with E-state index >= 15 is 0 Å². The van der Waals surface area contributed by atoms with Crippen molar-refractivity contribution < 1.29 is 4.42 Å². The standard InChI is InChI=1S/C14H22N2O/c1-14(7-3-2-4-8-14)12-9-16-13(17-12)10-15-11-5-6-11/h9,11,15H,2-8,10H2,1H3. The van der Waals surface area contributed by atoms with Gasteiger partial charge in [0.05, 0.1) is 12.7 Å². The summed E-state index contributed by atoms with van der Waals surface area (Å²) in [7, 11) is 0. The van der Waals surface area contributed by atoms with Gasteiger partial charge in [-0.3, -0.25) is 0 Å². The number of aromatic nitrogens is 1. The molecule has 2 aliphatic rings. The monoisotopic (exact) mass is 234 g/mol. The van der Waals surface area contributed by atoms with Crippen LogP contribution in [0.1, 0.15) is 63.5 Å². The van der Waals surface area contributed by atoms with Crippen LogP contribution in [-0.4, -0.2) is 11.0 Å². The fourth-order valence-corrected chi connectivity index (χ4v) is 2.77. The van der Waals surface area contributed by atoms with Crippen LogP contribution in [0.3, 0.4) is 0 Å². The van der Waals surface area contributed by atoms with Crippen LogP contribution in [0, 0.1) is 0 Å². The van der Waals surface area contributed by atoms with Crippen LogP contribution in [0.4, 0.5) is 0 Å². The molecule has 0 aromatic carbocycles. The lowest BCUT2D eigenvalue weighted by Gasteiger charge is -2.30. The van der Waals surface area contributed by atoms with E-state index in [9.17, 15) is 0 Å². The lowest BCUT2D eigenvalue weighted by atomic mass is 9.74. The van der Waals surface area contributed by atoms with Gasteiger partial charge in [-0.25, -0.2) is 4.98 Å². The molecule has 17 heavy (non-hydrogen) atoms. The van der Waals surface area contributed by atoms with Crippen molar-refractivity contribution in [3.05, 3.63) is 17.8 Å². The smallest absolute Gasteiger partial charge is 0.208 e. The number of nitrogens with zero attached hydrogens (tertiary/aromatic N) is 1. The first-order valence-corrected chi connectivity index (χ1v) is 6.95. The van der Waals surface area contributed by atoms with E-state index in [0.717, 1.165) is 24.2 Å². The molecular formula is C14H22N2O. The van der Waals surface area contributed by atoms with Crippen molar-refractivity contribution in [3.63, 3.8) is 0 Å². The van der Waals surface area contributed by atoms with Gasteiger partial charge in [0, 0.05) is 11.5 Å². The number of nitrogens with one attached hydrogen (secondary N) is 1. The maximum atomic E-state index is 5.93. The van der Waals surface area contributed by atoms with Crippen LogP contribution >= 0.6 is 0 Å². The number of rotatable bonds is 4. The van der Waals surface area contributed by atoms with Crippen LogP contribution in [-0.2, 0) is 12.0 Å². The van der Waals surface area contributed by atoms with Gasteiger partial charge in [0.25, 0.3) is 0 Å². The van der Waals surface area contributed by atoms with Gasteiger partial charge in [-0.2, -0.15) is 0 Å². The molecule has 94 valence electrons. The van der Waals surface area contributed by atoms with Crippen molar-refractivity contribution in [2.75, 3.05) is 0 Å². The third-order valence-corrected chi connectivity index (χ3v) is 4.22. The molecule has 0 atom stereocenters. The summed E-state index contributed by atoms with van der Waals surface area (Å²) < 4.78 is 5.93. The Kier molecular flexibility index (Phi) is 2.95. The Bertz CT molecular complexity index is 375. The van der Waals surface area contributed by atoms with Crippen molar-refractivity contribution in [2.24, 2.45) is 0 Å². The number of hydrogen-bond donors (Lipinski definition) is 1. The van der Waals surface area contributed by atoms with Gasteiger partial charge in [-0.1, -0.05) is 26.2 Å². The van der Waals surface area contributed by atoms with Gasteiger partial charge in [-0.15, -0.1) is 0 Å². The van der Waals surface area contributed by atoms with Crippen LogP contribution in [0.2, 0.25) is 0 Å². The molecular weight excluding hydrogens is 212 g/mol. The van der Waals surface area contributed by atoms with E-state index in [1.165, 1.54) is 44.9 Å². The summed E-state index contributed by atoms with van der Waals surface area (Å²) in [5.41, 5.74) is 0.239. The quantitative estimate of drug-likeness (QED) is 0.869. The lowest BCUT2D eigenvalue weighted by molar-refractivity contribution is 0.259. The Hall–Kier alpha value is -0.830. The highest BCUT2D eigenvalue weighted by molar-refractivity contribution is 5.11. The van der Waals surface area contributed by atoms with Crippen molar-refractivity contribution in [1.29, 1.82) is 0 Å². The van der Waals surface area contributed by atoms with Gasteiger partial charge >= 0.3 is 0 Å². The van der Waals surface area contributed by atoms with Gasteiger partial charge in [0.1, 0.15) is 5.76 Å². The molecule has 0 bridgehead atoms. The molecule has 1 aromatic heterocycles. The molecule has 3 heteroatoms. The topological polar surface area (TPSA) is 38.1 Å². The summed E-state index contributed by atoms with van der Waals surface area (Å²) in [6, 6.07) is 0.718. The maximum absolute atomic E-state index is 5.93. The Balaban J connectivity index is 1.65. The molecule has 2 aliphatic carbocycles. The maximum Gasteiger partial charge on any atom is 0.208 e. The molecule has 0 spiro atoms. The highest BCUT2D eigenvalue weighted by Gasteiger charge is 2.32. The Morgan fingerprint density at radius 3 is 2.82 bits per heavy atom. The molecule has 3 nitrogen and oxygen atoms in total. The van der Waals surface area contributed by atoms with E-state index in [1.807, 2.05) is 6.20 Å². The summed E-state index contributed by atoms with van der Waals surface area (Å²) in [5.74, 6) is 1.96. The minimum Gasteiger partial charge on any atom is -0.444 e. The summed E-state index contributed by atoms with van der Waals surface area (Å²) >= 11 is 0. The average molecular weight is 234 g/mol. The zero-order chi connectivity index (χ0) is 11.7. The first-order chi connectivity index (χ1) is 8.26. The highest BCUT2D eigenvalue weighted by Crippen LogP contribution is 2.39. The van der Waals surface area contributed by atoms with Crippen molar-refractivity contribution in [1.82, 2.24) is 10.3 Å². The van der Waals surface area contributed by atoms with E-state index in [4.69, 9.17) is 4.42 Å². The van der Waals surface area contributed by atoms with Crippen molar-refractivity contribution in [3.8, 4) is 0 Å². The molecule has 0 aliphatic heterocycles. The second kappa shape index (κ2) is 4.45. The van der Waals surface area contributed by atoms with Crippen LogP contribution in [0.5, 0.6) is 0 Å². The van der Waals surface area contributed by atoms with Gasteiger partial charge < -0.3 is 9.73 Å². The van der Waals surface area contributed by atoms with Crippen LogP contribution in [0.25, 0.3) is 0 Å². The second-order valence-corrected chi connectivity index (χ2v) is 5.89. The van der Waals surface area contributed by atoms with Crippen LogP contribution < -0.4 is 5.32 Å². The SMILES string of the molecule is CC1(c2cnc(CNC3CC3)o2)CCCCC1. The molecule has 0 unspecified atom stereocenters. The van der Waals surface area contributed by atoms with Gasteiger partial charge in [-0.05, 0) is 25.7 Å². The molecule has 1 heterocycles. The fourth-order valence-electron chi connectivity index (χ4n) is 2.77. The van der Waals surface area contributed by atoms with E-state index < -0.39 is 0 Å². The first-order valence-electron chi connectivity index (χ1n) is 6.95. The average Bonchev–Trinajstić information content (AvgIpc) is 3.04. The summed E-state index contributed by atoms with van der Waals surface area (Å²) in [6.07, 6.45) is 11.1. The third-order valence-electron chi connectivity index (χ3n) is 4.22. The van der Waals surface area contributed by atoms with E-state index in [2.05, 4.69) is 17.2 Å². The van der Waals surface area contributed by atoms with Gasteiger partial charge in [0.15, 0.2) is 0 Å². The summed E-state index contributed by atoms with van der Waals surface area (Å²) in [4.78, 5) is 4.41. The minimum absolute atomic E-state index is 0.239. The summed E-state index contributed by atoms with van der Waals surface area (Å²) in [5, 5.41) is 3.45. The zero-order valence-corrected chi connectivity index (χ0v) is 10.7. The van der Waals surface area contributed by atoms with E-state index in [1.54, 1.807) is 0 Å². The second-order valence-electron chi connectivity index (χ2n) is 5.89. The minimum atomic E-state index is 0.239. The van der Waals surface area contributed by atoms with Gasteiger partial charge in [0.2, 0.25) is 5.89 Å². The molecule has 0 radical (unpaired) electrons. The summed E-state index contributed by atoms with van der Waals surface area (Å²) in [6.45, 7) is 3.12. The van der Waals surface area contributed by atoms with Crippen LogP contribution in [0.15, 0.2) is 10.6 Å². The Morgan fingerprint density at radius 2 is 2.12 bits per heavy atom. The molecule has 1 N–H and O–H groups in total. The van der Waals surface area contributed by atoms with Crippen molar-refractivity contribution in [2.45, 2.75) is 69.9 Å². The number of hydrogen-bond acceptors (Lipinski definition) is 3. The lowest BCUT2D eigenvalue weighted by Crippen LogP contribution is -2.24. The molecule has 2 fully saturated rings. The molecule has 0 amide bonds. The van der Waals surface area contributed by atoms with E-state index in [-0.39, 0.29) is 5.41 Å². The predicted molar refractivity (Wildman–Crippen MR) is 66.8 cm³/mol. The third kappa shape index (κ3) is 2.54. The zero-order valence-electron chi connectivity index (χ0n) is 10.7. The fraction of sp³-hybridized carbons (Fsp3) is 0.786. The molecule has 3 rings (SSSR count). The Morgan fingerprint density at radius 1 is 1.35 bits per heavy atom. The normalized spacial score (nSPS) is 23.8. The molecule has 0 saturated heterocycles.